The van der Waals surface area contributed by atoms with Gasteiger partial charge in [0.05, 0.1) is 5.69 Å². The van der Waals surface area contributed by atoms with Crippen molar-refractivity contribution >= 4 is 82.5 Å². The van der Waals surface area contributed by atoms with E-state index in [9.17, 15) is 0 Å². The van der Waals surface area contributed by atoms with Crippen LogP contribution in [0.25, 0.3) is 87.7 Å². The number of fused-ring (bicyclic) bond motifs is 9. The Labute approximate surface area is 305 Å². The topological polar surface area (TPSA) is 29.5 Å². The van der Waals surface area contributed by atoms with Crippen molar-refractivity contribution in [3.63, 3.8) is 0 Å². The largest absolute Gasteiger partial charge is 0.456 e. The predicted molar refractivity (Wildman–Crippen MR) is 222 cm³/mol. The lowest BCUT2D eigenvalue weighted by atomic mass is 9.94. The predicted octanol–water partition coefficient (Wildman–Crippen LogP) is 14.6. The van der Waals surface area contributed by atoms with Gasteiger partial charge in [0.25, 0.3) is 0 Å². The smallest absolute Gasteiger partial charge is 0.143 e. The molecule has 248 valence electrons. The van der Waals surface area contributed by atoms with Crippen molar-refractivity contribution in [1.82, 2.24) is 0 Å². The third-order valence-electron chi connectivity index (χ3n) is 10.7. The first-order valence-electron chi connectivity index (χ1n) is 18.0. The molecule has 0 saturated heterocycles. The summed E-state index contributed by atoms with van der Waals surface area (Å²) in [6.07, 6.45) is 0. The van der Waals surface area contributed by atoms with Crippen molar-refractivity contribution in [2.75, 3.05) is 4.90 Å². The highest BCUT2D eigenvalue weighted by molar-refractivity contribution is 6.17. The van der Waals surface area contributed by atoms with Crippen LogP contribution in [0.15, 0.2) is 197 Å². The first-order valence-corrected chi connectivity index (χ1v) is 18.0. The Hall–Kier alpha value is -7.10. The molecule has 11 rings (SSSR count). The summed E-state index contributed by atoms with van der Waals surface area (Å²) in [5, 5.41) is 9.34. The number of para-hydroxylation sites is 2. The van der Waals surface area contributed by atoms with Crippen LogP contribution < -0.4 is 4.90 Å². The van der Waals surface area contributed by atoms with E-state index in [1.54, 1.807) is 0 Å². The molecule has 9 aromatic carbocycles. The first kappa shape index (κ1) is 29.6. The second kappa shape index (κ2) is 11.7. The number of hydrogen-bond donors (Lipinski definition) is 0. The van der Waals surface area contributed by atoms with Crippen molar-refractivity contribution in [2.45, 2.75) is 0 Å². The van der Waals surface area contributed by atoms with E-state index in [-0.39, 0.29) is 0 Å². The molecule has 3 nitrogen and oxygen atoms in total. The van der Waals surface area contributed by atoms with Crippen LogP contribution in [-0.4, -0.2) is 0 Å². The first-order chi connectivity index (χ1) is 26.3. The highest BCUT2D eigenvalue weighted by Gasteiger charge is 2.20. The van der Waals surface area contributed by atoms with Gasteiger partial charge in [0, 0.05) is 43.9 Å². The van der Waals surface area contributed by atoms with E-state index in [0.717, 1.165) is 83.2 Å². The molecule has 0 saturated carbocycles. The van der Waals surface area contributed by atoms with Crippen molar-refractivity contribution in [3.8, 4) is 22.3 Å². The van der Waals surface area contributed by atoms with Crippen LogP contribution in [0, 0.1) is 0 Å². The molecule has 0 fully saturated rings. The van der Waals surface area contributed by atoms with Crippen molar-refractivity contribution in [3.05, 3.63) is 188 Å². The molecule has 0 bridgehead atoms. The molecular weight excluding hydrogens is 647 g/mol. The Morgan fingerprint density at radius 1 is 0.340 bits per heavy atom. The van der Waals surface area contributed by atoms with Crippen LogP contribution in [0.2, 0.25) is 0 Å². The Kier molecular flexibility index (Phi) is 6.55. The maximum absolute atomic E-state index is 6.59. The van der Waals surface area contributed by atoms with Gasteiger partial charge in [0.15, 0.2) is 0 Å². The Balaban J connectivity index is 1.11. The standard InChI is InChI=1S/C50H31NO2/c1-2-11-32(12-3-1)39-29-28-38(49-43-16-7-9-20-47(43)53-50(39)49)34-21-24-35(25-22-34)51(36-26-30-48-44(31-36)42-15-6-8-19-46(42)52-48)45-18-10-17-40-37-14-5-4-13-33(37)23-27-41(40)45/h1-31H. The quantitative estimate of drug-likeness (QED) is 0.170. The summed E-state index contributed by atoms with van der Waals surface area (Å²) in [4.78, 5) is 2.38. The normalized spacial score (nSPS) is 11.8. The van der Waals surface area contributed by atoms with E-state index in [0.29, 0.717) is 0 Å². The van der Waals surface area contributed by atoms with Gasteiger partial charge in [-0.2, -0.15) is 0 Å². The fraction of sp³-hybridized carbons (Fsp3) is 0. The highest BCUT2D eigenvalue weighted by Crippen LogP contribution is 2.45. The second-order valence-electron chi connectivity index (χ2n) is 13.6. The number of rotatable bonds is 5. The minimum atomic E-state index is 0.879. The molecular formula is C50H31NO2. The lowest BCUT2D eigenvalue weighted by molar-refractivity contribution is 0.669. The highest BCUT2D eigenvalue weighted by atomic mass is 16.3. The Morgan fingerprint density at radius 3 is 1.83 bits per heavy atom. The summed E-state index contributed by atoms with van der Waals surface area (Å²) in [7, 11) is 0. The zero-order chi connectivity index (χ0) is 34.9. The Morgan fingerprint density at radius 2 is 0.981 bits per heavy atom. The van der Waals surface area contributed by atoms with E-state index in [1.807, 2.05) is 18.2 Å². The second-order valence-corrected chi connectivity index (χ2v) is 13.6. The minimum absolute atomic E-state index is 0.879. The van der Waals surface area contributed by atoms with Gasteiger partial charge in [-0.05, 0) is 87.4 Å². The molecule has 0 spiro atoms. The van der Waals surface area contributed by atoms with Gasteiger partial charge in [0.1, 0.15) is 22.3 Å². The number of nitrogens with zero attached hydrogens (tertiary/aromatic N) is 1. The molecule has 0 radical (unpaired) electrons. The van der Waals surface area contributed by atoms with Crippen LogP contribution in [0.1, 0.15) is 0 Å². The number of furan rings is 2. The average molecular weight is 678 g/mol. The van der Waals surface area contributed by atoms with Crippen LogP contribution in [0.4, 0.5) is 17.1 Å². The lowest BCUT2D eigenvalue weighted by Gasteiger charge is -2.27. The van der Waals surface area contributed by atoms with Crippen LogP contribution in [0.3, 0.4) is 0 Å². The molecule has 53 heavy (non-hydrogen) atoms. The molecule has 0 unspecified atom stereocenters. The van der Waals surface area contributed by atoms with Gasteiger partial charge < -0.3 is 13.7 Å². The average Bonchev–Trinajstić information content (AvgIpc) is 3.80. The fourth-order valence-corrected chi connectivity index (χ4v) is 8.20. The third-order valence-corrected chi connectivity index (χ3v) is 10.7. The van der Waals surface area contributed by atoms with E-state index in [4.69, 9.17) is 8.83 Å². The van der Waals surface area contributed by atoms with Gasteiger partial charge >= 0.3 is 0 Å². The number of anilines is 3. The minimum Gasteiger partial charge on any atom is -0.456 e. The fourth-order valence-electron chi connectivity index (χ4n) is 8.20. The summed E-state index contributed by atoms with van der Waals surface area (Å²) < 4.78 is 12.8. The molecule has 11 aromatic rings. The SMILES string of the molecule is c1ccc(-c2ccc(-c3ccc(N(c4ccc5oc6ccccc6c5c4)c4cccc5c4ccc4ccccc45)cc3)c3c2oc2ccccc23)cc1. The van der Waals surface area contributed by atoms with Crippen molar-refractivity contribution in [2.24, 2.45) is 0 Å². The molecule has 3 heteroatoms. The molecule has 2 heterocycles. The molecule has 0 amide bonds. The third kappa shape index (κ3) is 4.68. The Bertz CT molecular complexity index is 3170. The monoisotopic (exact) mass is 677 g/mol. The van der Waals surface area contributed by atoms with Crippen LogP contribution in [-0.2, 0) is 0 Å². The van der Waals surface area contributed by atoms with Crippen LogP contribution >= 0.6 is 0 Å². The molecule has 0 N–H and O–H groups in total. The van der Waals surface area contributed by atoms with Crippen LogP contribution in [0.5, 0.6) is 0 Å². The molecule has 0 aliphatic heterocycles. The summed E-state index contributed by atoms with van der Waals surface area (Å²) in [5.41, 5.74) is 11.3. The number of benzene rings is 9. The number of hydrogen-bond acceptors (Lipinski definition) is 3. The van der Waals surface area contributed by atoms with Gasteiger partial charge in [-0.25, -0.2) is 0 Å². The summed E-state index contributed by atoms with van der Waals surface area (Å²) in [6, 6.07) is 66.8. The van der Waals surface area contributed by atoms with E-state index >= 15 is 0 Å². The summed E-state index contributed by atoms with van der Waals surface area (Å²) >= 11 is 0. The van der Waals surface area contributed by atoms with Gasteiger partial charge in [0.2, 0.25) is 0 Å². The molecule has 2 aromatic heterocycles. The molecule has 0 aliphatic rings. The van der Waals surface area contributed by atoms with Crippen molar-refractivity contribution in [1.29, 1.82) is 0 Å². The maximum Gasteiger partial charge on any atom is 0.143 e. The lowest BCUT2D eigenvalue weighted by Crippen LogP contribution is -2.10. The zero-order valence-electron chi connectivity index (χ0n) is 28.7. The van der Waals surface area contributed by atoms with E-state index in [2.05, 4.69) is 175 Å². The van der Waals surface area contributed by atoms with E-state index < -0.39 is 0 Å². The molecule has 0 atom stereocenters. The summed E-state index contributed by atoms with van der Waals surface area (Å²) in [6.45, 7) is 0. The summed E-state index contributed by atoms with van der Waals surface area (Å²) in [5.74, 6) is 0. The zero-order valence-corrected chi connectivity index (χ0v) is 28.7. The molecule has 0 aliphatic carbocycles. The van der Waals surface area contributed by atoms with Gasteiger partial charge in [-0.15, -0.1) is 0 Å². The van der Waals surface area contributed by atoms with E-state index in [1.165, 1.54) is 21.5 Å². The van der Waals surface area contributed by atoms with Gasteiger partial charge in [-0.3, -0.25) is 0 Å². The van der Waals surface area contributed by atoms with Gasteiger partial charge in [-0.1, -0.05) is 133 Å². The maximum atomic E-state index is 6.59. The van der Waals surface area contributed by atoms with Crippen molar-refractivity contribution < 1.29 is 8.83 Å².